The number of amidine groups is 1. The van der Waals surface area contributed by atoms with Gasteiger partial charge in [-0.15, -0.1) is 0 Å². The number of aryl methyl sites for hydroxylation is 2. The van der Waals surface area contributed by atoms with E-state index in [4.69, 9.17) is 9.98 Å². The molecule has 2 N–H and O–H groups in total. The van der Waals surface area contributed by atoms with Gasteiger partial charge in [-0.1, -0.05) is 6.07 Å². The van der Waals surface area contributed by atoms with E-state index < -0.39 is 17.6 Å². The first kappa shape index (κ1) is 26.1. The number of hydrogen-bond donors (Lipinski definition) is 2. The van der Waals surface area contributed by atoms with Gasteiger partial charge in [-0.05, 0) is 67.4 Å². The van der Waals surface area contributed by atoms with Crippen LogP contribution < -0.4 is 15.5 Å². The number of carbonyl (C=O) groups excluding carboxylic acids is 1. The highest BCUT2D eigenvalue weighted by atomic mass is 19.4. The molecule has 0 aliphatic carbocycles. The Morgan fingerprint density at radius 2 is 1.80 bits per heavy atom. The van der Waals surface area contributed by atoms with Crippen LogP contribution in [0, 0.1) is 13.8 Å². The maximum Gasteiger partial charge on any atom is 0.416 e. The van der Waals surface area contributed by atoms with Crippen molar-refractivity contribution in [2.45, 2.75) is 20.0 Å². The number of pyridine rings is 2. The fraction of sp³-hybridized carbons (Fsp3) is 0.172. The summed E-state index contributed by atoms with van der Waals surface area (Å²) in [6.45, 7) is 5.07. The average Bonchev–Trinajstić information content (AvgIpc) is 3.45. The van der Waals surface area contributed by atoms with Gasteiger partial charge in [0, 0.05) is 41.5 Å². The molecule has 12 heteroatoms. The predicted molar refractivity (Wildman–Crippen MR) is 150 cm³/mol. The van der Waals surface area contributed by atoms with E-state index in [9.17, 15) is 18.0 Å². The summed E-state index contributed by atoms with van der Waals surface area (Å²) >= 11 is 0. The van der Waals surface area contributed by atoms with E-state index in [1.807, 2.05) is 43.0 Å². The normalized spacial score (nSPS) is 14.1. The SMILES string of the molecule is Cc1ccc(Nc2ncc3c(n2)N2CCN=C2C(c2cc(NC(=O)c4cc(C(F)(F)F)ccn4)ccc2C)=C3)cn1. The molecule has 206 valence electrons. The molecule has 0 saturated carbocycles. The fourth-order valence-electron chi connectivity index (χ4n) is 4.65. The van der Waals surface area contributed by atoms with Gasteiger partial charge in [-0.2, -0.15) is 18.2 Å². The Bertz CT molecular complexity index is 1730. The molecular weight excluding hydrogens is 533 g/mol. The molecule has 5 heterocycles. The molecule has 0 unspecified atom stereocenters. The number of hydrogen-bond acceptors (Lipinski definition) is 8. The third-order valence-electron chi connectivity index (χ3n) is 6.71. The van der Waals surface area contributed by atoms with E-state index >= 15 is 0 Å². The van der Waals surface area contributed by atoms with Gasteiger partial charge < -0.3 is 15.5 Å². The van der Waals surface area contributed by atoms with Crippen molar-refractivity contribution in [3.05, 3.63) is 94.7 Å². The van der Waals surface area contributed by atoms with Crippen LogP contribution in [-0.2, 0) is 6.18 Å². The Balaban J connectivity index is 1.30. The number of carbonyl (C=O) groups is 1. The quantitative estimate of drug-likeness (QED) is 0.326. The maximum atomic E-state index is 13.1. The minimum Gasteiger partial charge on any atom is -0.323 e. The molecule has 0 saturated heterocycles. The van der Waals surface area contributed by atoms with E-state index in [1.165, 1.54) is 0 Å². The Morgan fingerprint density at radius 1 is 0.976 bits per heavy atom. The minimum absolute atomic E-state index is 0.331. The van der Waals surface area contributed by atoms with Gasteiger partial charge in [-0.25, -0.2) is 4.98 Å². The van der Waals surface area contributed by atoms with E-state index in [0.717, 1.165) is 63.6 Å². The number of fused-ring (bicyclic) bond motifs is 3. The highest BCUT2D eigenvalue weighted by molar-refractivity contribution is 6.36. The van der Waals surface area contributed by atoms with E-state index in [0.29, 0.717) is 24.7 Å². The van der Waals surface area contributed by atoms with Crippen LogP contribution in [0.2, 0.25) is 0 Å². The highest BCUT2D eigenvalue weighted by Crippen LogP contribution is 2.37. The topological polar surface area (TPSA) is 108 Å². The van der Waals surface area contributed by atoms with Gasteiger partial charge in [0.25, 0.3) is 5.91 Å². The number of nitrogens with zero attached hydrogens (tertiary/aromatic N) is 6. The predicted octanol–water partition coefficient (Wildman–Crippen LogP) is 5.67. The van der Waals surface area contributed by atoms with Gasteiger partial charge in [-0.3, -0.25) is 19.8 Å². The van der Waals surface area contributed by atoms with E-state index in [1.54, 1.807) is 24.5 Å². The van der Waals surface area contributed by atoms with Crippen LogP contribution in [0.5, 0.6) is 0 Å². The second-order valence-corrected chi connectivity index (χ2v) is 9.61. The number of nitrogens with one attached hydrogen (secondary N) is 2. The first-order valence-electron chi connectivity index (χ1n) is 12.7. The molecule has 0 radical (unpaired) electrons. The van der Waals surface area contributed by atoms with Crippen molar-refractivity contribution in [3.63, 3.8) is 0 Å². The summed E-state index contributed by atoms with van der Waals surface area (Å²) < 4.78 is 39.3. The molecule has 1 amide bonds. The number of alkyl halides is 3. The monoisotopic (exact) mass is 556 g/mol. The zero-order valence-corrected chi connectivity index (χ0v) is 22.0. The minimum atomic E-state index is -4.58. The zero-order valence-electron chi connectivity index (χ0n) is 22.0. The second-order valence-electron chi connectivity index (χ2n) is 9.61. The lowest BCUT2D eigenvalue weighted by molar-refractivity contribution is -0.137. The van der Waals surface area contributed by atoms with Crippen molar-refractivity contribution in [2.75, 3.05) is 28.6 Å². The molecule has 1 aromatic carbocycles. The first-order valence-corrected chi connectivity index (χ1v) is 12.7. The van der Waals surface area contributed by atoms with Crippen molar-refractivity contribution in [1.29, 1.82) is 0 Å². The van der Waals surface area contributed by atoms with Crippen LogP contribution in [0.3, 0.4) is 0 Å². The average molecular weight is 557 g/mol. The van der Waals surface area contributed by atoms with E-state index in [-0.39, 0.29) is 5.69 Å². The Labute approximate surface area is 232 Å². The summed E-state index contributed by atoms with van der Waals surface area (Å²) in [7, 11) is 0. The number of anilines is 4. The number of rotatable bonds is 5. The summed E-state index contributed by atoms with van der Waals surface area (Å²) in [4.78, 5) is 36.9. The highest BCUT2D eigenvalue weighted by Gasteiger charge is 2.32. The molecular formula is C29H23F3N8O. The standard InChI is InChI=1S/C29H23F3N8O/c1-16-3-5-20(37-27(41)24-12-19(7-8-33-24)29(30,31)32)13-22(16)23-11-18-14-36-28(38-21-6-4-17(2)35-15-21)39-25(18)40-10-9-34-26(23)40/h3-8,11-15H,9-10H2,1-2H3,(H,37,41)(H,36,38,39). The first-order chi connectivity index (χ1) is 19.7. The van der Waals surface area contributed by atoms with Gasteiger partial charge >= 0.3 is 6.18 Å². The number of aliphatic imine (C=N–C) groups is 1. The zero-order chi connectivity index (χ0) is 28.7. The molecule has 0 fully saturated rings. The molecule has 9 nitrogen and oxygen atoms in total. The second kappa shape index (κ2) is 10.1. The molecule has 2 aliphatic heterocycles. The summed E-state index contributed by atoms with van der Waals surface area (Å²) in [6.07, 6.45) is 1.80. The van der Waals surface area contributed by atoms with Crippen LogP contribution in [0.25, 0.3) is 11.6 Å². The summed E-state index contributed by atoms with van der Waals surface area (Å²) in [6, 6.07) is 10.7. The Kier molecular flexibility index (Phi) is 6.45. The third-order valence-corrected chi connectivity index (χ3v) is 6.71. The maximum absolute atomic E-state index is 13.1. The number of benzene rings is 1. The Hall–Kier alpha value is -5.13. The van der Waals surface area contributed by atoms with E-state index in [2.05, 4.69) is 25.6 Å². The van der Waals surface area contributed by atoms with Crippen molar-refractivity contribution < 1.29 is 18.0 Å². The van der Waals surface area contributed by atoms with Crippen LogP contribution in [0.15, 0.2) is 66.0 Å². The van der Waals surface area contributed by atoms with Gasteiger partial charge in [0.2, 0.25) is 5.95 Å². The van der Waals surface area contributed by atoms with Crippen LogP contribution in [-0.4, -0.2) is 44.8 Å². The van der Waals surface area contributed by atoms with Crippen molar-refractivity contribution in [2.24, 2.45) is 4.99 Å². The van der Waals surface area contributed by atoms with Crippen LogP contribution in [0.1, 0.15) is 38.4 Å². The lowest BCUT2D eigenvalue weighted by Crippen LogP contribution is -2.32. The molecule has 6 rings (SSSR count). The molecule has 2 aliphatic rings. The molecule has 3 aromatic heterocycles. The lowest BCUT2D eigenvalue weighted by Gasteiger charge is -2.28. The molecule has 41 heavy (non-hydrogen) atoms. The van der Waals surface area contributed by atoms with Crippen molar-refractivity contribution >= 4 is 46.5 Å². The lowest BCUT2D eigenvalue weighted by atomic mass is 9.94. The Morgan fingerprint density at radius 3 is 2.59 bits per heavy atom. The van der Waals surface area contributed by atoms with Crippen LogP contribution >= 0.6 is 0 Å². The fourth-order valence-corrected chi connectivity index (χ4v) is 4.65. The molecule has 4 aromatic rings. The van der Waals surface area contributed by atoms with Gasteiger partial charge in [0.15, 0.2) is 0 Å². The summed E-state index contributed by atoms with van der Waals surface area (Å²) in [5, 5.41) is 5.85. The van der Waals surface area contributed by atoms with Crippen LogP contribution in [0.4, 0.5) is 36.3 Å². The number of amides is 1. The largest absolute Gasteiger partial charge is 0.416 e. The smallest absolute Gasteiger partial charge is 0.323 e. The van der Waals surface area contributed by atoms with Gasteiger partial charge in [0.05, 0.1) is 24.0 Å². The summed E-state index contributed by atoms with van der Waals surface area (Å²) in [5.74, 6) is 1.15. The molecule has 0 atom stereocenters. The third kappa shape index (κ3) is 5.23. The molecule has 0 bridgehead atoms. The number of aromatic nitrogens is 4. The number of halogens is 3. The van der Waals surface area contributed by atoms with Crippen molar-refractivity contribution in [1.82, 2.24) is 19.9 Å². The van der Waals surface area contributed by atoms with Gasteiger partial charge in [0.1, 0.15) is 17.3 Å². The summed E-state index contributed by atoms with van der Waals surface area (Å²) in [5.41, 5.74) is 4.18. The van der Waals surface area contributed by atoms with Crippen molar-refractivity contribution in [3.8, 4) is 0 Å². The molecule has 0 spiro atoms.